The average Bonchev–Trinajstić information content (AvgIpc) is 2.54. The van der Waals surface area contributed by atoms with Crippen LogP contribution < -0.4 is 16.2 Å². The van der Waals surface area contributed by atoms with E-state index in [1.54, 1.807) is 24.4 Å². The third kappa shape index (κ3) is 2.87. The quantitative estimate of drug-likeness (QED) is 0.880. The predicted molar refractivity (Wildman–Crippen MR) is 84.0 cm³/mol. The molecule has 3 rings (SSSR count). The van der Waals surface area contributed by atoms with Crippen LogP contribution in [0.2, 0.25) is 0 Å². The summed E-state index contributed by atoms with van der Waals surface area (Å²) in [6.45, 7) is 4.67. The van der Waals surface area contributed by atoms with Gasteiger partial charge in [-0.1, -0.05) is 13.0 Å². The number of carbonyl (C=O) groups is 1. The van der Waals surface area contributed by atoms with Crippen molar-refractivity contribution in [3.8, 4) is 0 Å². The Labute approximate surface area is 128 Å². The summed E-state index contributed by atoms with van der Waals surface area (Å²) < 4.78 is 1.39. The summed E-state index contributed by atoms with van der Waals surface area (Å²) in [5, 5.41) is 6.21. The Hall–Kier alpha value is -2.21. The number of rotatable bonds is 3. The highest BCUT2D eigenvalue weighted by Gasteiger charge is 2.27. The number of fused-ring (bicyclic) bond motifs is 1. The maximum Gasteiger partial charge on any atom is 0.270 e. The van der Waals surface area contributed by atoms with Gasteiger partial charge in [0.15, 0.2) is 0 Å². The molecule has 0 unspecified atom stereocenters. The summed E-state index contributed by atoms with van der Waals surface area (Å²) in [7, 11) is 0. The molecule has 22 heavy (non-hydrogen) atoms. The van der Waals surface area contributed by atoms with Gasteiger partial charge in [0.2, 0.25) is 0 Å². The van der Waals surface area contributed by atoms with E-state index >= 15 is 0 Å². The number of aromatic nitrogens is 2. The Morgan fingerprint density at radius 3 is 2.95 bits per heavy atom. The van der Waals surface area contributed by atoms with Gasteiger partial charge in [0.1, 0.15) is 11.2 Å². The van der Waals surface area contributed by atoms with Gasteiger partial charge >= 0.3 is 0 Å². The lowest BCUT2D eigenvalue weighted by atomic mass is 9.81. The second kappa shape index (κ2) is 5.88. The van der Waals surface area contributed by atoms with E-state index in [0.717, 1.165) is 25.9 Å². The van der Waals surface area contributed by atoms with Crippen molar-refractivity contribution in [2.45, 2.75) is 19.8 Å². The van der Waals surface area contributed by atoms with E-state index in [2.05, 4.69) is 22.5 Å². The van der Waals surface area contributed by atoms with Gasteiger partial charge in [-0.15, -0.1) is 0 Å². The topological polar surface area (TPSA) is 75.5 Å². The molecule has 0 bridgehead atoms. The number of piperidine rings is 1. The molecule has 0 spiro atoms. The largest absolute Gasteiger partial charge is 0.351 e. The Bertz CT molecular complexity index is 747. The standard InChI is InChI=1S/C16H20N4O2/c1-16(5-7-17-8-6-16)11-19-14(21)12-10-18-13-4-2-3-9-20(13)15(12)22/h2-4,9-10,17H,5-8,11H2,1H3,(H,19,21). The first-order valence-electron chi connectivity index (χ1n) is 7.54. The van der Waals surface area contributed by atoms with E-state index in [1.807, 2.05) is 0 Å². The smallest absolute Gasteiger partial charge is 0.270 e. The van der Waals surface area contributed by atoms with Gasteiger partial charge in [-0.2, -0.15) is 0 Å². The zero-order valence-electron chi connectivity index (χ0n) is 12.6. The highest BCUT2D eigenvalue weighted by atomic mass is 16.2. The fraction of sp³-hybridized carbons (Fsp3) is 0.438. The van der Waals surface area contributed by atoms with Gasteiger partial charge in [0.05, 0.1) is 0 Å². The van der Waals surface area contributed by atoms with Gasteiger partial charge in [0, 0.05) is 18.9 Å². The maximum atomic E-state index is 12.4. The number of nitrogens with one attached hydrogen (secondary N) is 2. The summed E-state index contributed by atoms with van der Waals surface area (Å²) in [5.41, 5.74) is 0.371. The van der Waals surface area contributed by atoms with Crippen LogP contribution in [-0.4, -0.2) is 34.9 Å². The van der Waals surface area contributed by atoms with Crippen molar-refractivity contribution in [1.82, 2.24) is 20.0 Å². The molecule has 2 aromatic rings. The lowest BCUT2D eigenvalue weighted by Crippen LogP contribution is -2.43. The number of hydrogen-bond acceptors (Lipinski definition) is 4. The van der Waals surface area contributed by atoms with E-state index in [1.165, 1.54) is 10.6 Å². The molecule has 0 aromatic carbocycles. The van der Waals surface area contributed by atoms with Gasteiger partial charge in [-0.05, 0) is 43.5 Å². The number of carbonyl (C=O) groups excluding carboxylic acids is 1. The van der Waals surface area contributed by atoms with Crippen LogP contribution in [0.25, 0.3) is 5.65 Å². The zero-order valence-corrected chi connectivity index (χ0v) is 12.6. The average molecular weight is 300 g/mol. The SMILES string of the molecule is CC1(CNC(=O)c2cnc3ccccn3c2=O)CCNCC1. The van der Waals surface area contributed by atoms with Crippen LogP contribution in [-0.2, 0) is 0 Å². The monoisotopic (exact) mass is 300 g/mol. The molecule has 1 amide bonds. The first-order valence-corrected chi connectivity index (χ1v) is 7.54. The molecule has 0 radical (unpaired) electrons. The normalized spacial score (nSPS) is 17.3. The lowest BCUT2D eigenvalue weighted by Gasteiger charge is -2.34. The van der Waals surface area contributed by atoms with Crippen LogP contribution in [0.5, 0.6) is 0 Å². The fourth-order valence-electron chi connectivity index (χ4n) is 2.78. The number of amides is 1. The molecule has 1 fully saturated rings. The van der Waals surface area contributed by atoms with E-state index in [-0.39, 0.29) is 22.4 Å². The Kier molecular flexibility index (Phi) is 3.94. The summed E-state index contributed by atoms with van der Waals surface area (Å²) in [6.07, 6.45) is 5.01. The minimum Gasteiger partial charge on any atom is -0.351 e. The van der Waals surface area contributed by atoms with Gasteiger partial charge < -0.3 is 10.6 Å². The maximum absolute atomic E-state index is 12.4. The third-order valence-corrected chi connectivity index (χ3v) is 4.34. The van der Waals surface area contributed by atoms with Crippen LogP contribution in [0.4, 0.5) is 0 Å². The molecule has 1 saturated heterocycles. The van der Waals surface area contributed by atoms with Crippen LogP contribution in [0.15, 0.2) is 35.4 Å². The molecule has 0 saturated carbocycles. The third-order valence-electron chi connectivity index (χ3n) is 4.34. The summed E-state index contributed by atoms with van der Waals surface area (Å²) in [5.74, 6) is -0.351. The molecule has 2 aromatic heterocycles. The number of nitrogens with zero attached hydrogens (tertiary/aromatic N) is 2. The second-order valence-corrected chi connectivity index (χ2v) is 6.15. The van der Waals surface area contributed by atoms with Gasteiger partial charge in [0.25, 0.3) is 11.5 Å². The molecule has 0 atom stereocenters. The summed E-state index contributed by atoms with van der Waals surface area (Å²) in [6, 6.07) is 5.28. The van der Waals surface area contributed by atoms with E-state index in [9.17, 15) is 9.59 Å². The second-order valence-electron chi connectivity index (χ2n) is 6.15. The van der Waals surface area contributed by atoms with E-state index < -0.39 is 0 Å². The minimum absolute atomic E-state index is 0.0845. The van der Waals surface area contributed by atoms with E-state index in [0.29, 0.717) is 12.2 Å². The molecule has 1 aliphatic rings. The van der Waals surface area contributed by atoms with Crippen molar-refractivity contribution in [1.29, 1.82) is 0 Å². The first kappa shape index (κ1) is 14.7. The predicted octanol–water partition coefficient (Wildman–Crippen LogP) is 0.814. The molecule has 6 heteroatoms. The Morgan fingerprint density at radius 2 is 2.18 bits per heavy atom. The lowest BCUT2D eigenvalue weighted by molar-refractivity contribution is 0.0920. The molecule has 116 valence electrons. The van der Waals surface area contributed by atoms with Gasteiger partial charge in [-0.3, -0.25) is 14.0 Å². The van der Waals surface area contributed by atoms with Crippen LogP contribution in [0.1, 0.15) is 30.1 Å². The molecular weight excluding hydrogens is 280 g/mol. The van der Waals surface area contributed by atoms with Crippen molar-refractivity contribution >= 4 is 11.6 Å². The molecule has 1 aliphatic heterocycles. The molecule has 2 N–H and O–H groups in total. The first-order chi connectivity index (χ1) is 10.6. The van der Waals surface area contributed by atoms with Crippen molar-refractivity contribution in [2.24, 2.45) is 5.41 Å². The van der Waals surface area contributed by atoms with Crippen LogP contribution in [0, 0.1) is 5.41 Å². The van der Waals surface area contributed by atoms with Gasteiger partial charge in [-0.25, -0.2) is 4.98 Å². The highest BCUT2D eigenvalue weighted by molar-refractivity contribution is 5.93. The molecule has 3 heterocycles. The van der Waals surface area contributed by atoms with Crippen LogP contribution in [0.3, 0.4) is 0 Å². The Balaban J connectivity index is 1.78. The molecule has 6 nitrogen and oxygen atoms in total. The Morgan fingerprint density at radius 1 is 1.41 bits per heavy atom. The summed E-state index contributed by atoms with van der Waals surface area (Å²) >= 11 is 0. The van der Waals surface area contributed by atoms with Crippen LogP contribution >= 0.6 is 0 Å². The van der Waals surface area contributed by atoms with Crippen molar-refractivity contribution in [3.63, 3.8) is 0 Å². The molecular formula is C16H20N4O2. The summed E-state index contributed by atoms with van der Waals surface area (Å²) in [4.78, 5) is 28.8. The number of pyridine rings is 1. The van der Waals surface area contributed by atoms with Crippen molar-refractivity contribution < 1.29 is 4.79 Å². The molecule has 0 aliphatic carbocycles. The van der Waals surface area contributed by atoms with Crippen molar-refractivity contribution in [3.05, 3.63) is 46.5 Å². The zero-order chi connectivity index (χ0) is 15.6. The van der Waals surface area contributed by atoms with Crippen molar-refractivity contribution in [2.75, 3.05) is 19.6 Å². The minimum atomic E-state index is -0.351. The number of hydrogen-bond donors (Lipinski definition) is 2. The highest BCUT2D eigenvalue weighted by Crippen LogP contribution is 2.26. The fourth-order valence-corrected chi connectivity index (χ4v) is 2.78. The van der Waals surface area contributed by atoms with E-state index in [4.69, 9.17) is 0 Å².